The first-order chi connectivity index (χ1) is 14.4. The molecule has 0 radical (unpaired) electrons. The summed E-state index contributed by atoms with van der Waals surface area (Å²) in [6.07, 6.45) is 0. The van der Waals surface area contributed by atoms with Crippen LogP contribution in [0.5, 0.6) is 0 Å². The SMILES string of the molecule is C(#C[SiH](c1ccccc1)c1ccccc1)c1cc2ccccc2c2ccccc12. The average Bonchev–Trinajstić information content (AvgIpc) is 2.81. The lowest BCUT2D eigenvalue weighted by Crippen LogP contribution is -2.41. The van der Waals surface area contributed by atoms with E-state index < -0.39 is 8.80 Å². The molecule has 0 saturated heterocycles. The van der Waals surface area contributed by atoms with Crippen molar-refractivity contribution < 1.29 is 0 Å². The largest absolute Gasteiger partial charge is 0.184 e. The van der Waals surface area contributed by atoms with Gasteiger partial charge in [-0.15, -0.1) is 5.54 Å². The summed E-state index contributed by atoms with van der Waals surface area (Å²) in [6, 6.07) is 40.9. The van der Waals surface area contributed by atoms with Crippen molar-refractivity contribution in [2.75, 3.05) is 0 Å². The van der Waals surface area contributed by atoms with Gasteiger partial charge in [-0.2, -0.15) is 0 Å². The maximum Gasteiger partial charge on any atom is 0.184 e. The normalized spacial score (nSPS) is 10.8. The summed E-state index contributed by atoms with van der Waals surface area (Å²) in [5.41, 5.74) is 4.83. The van der Waals surface area contributed by atoms with Crippen LogP contribution in [0.2, 0.25) is 0 Å². The Bertz CT molecular complexity index is 1300. The van der Waals surface area contributed by atoms with Crippen LogP contribution in [0.15, 0.2) is 115 Å². The van der Waals surface area contributed by atoms with Crippen LogP contribution in [0.3, 0.4) is 0 Å². The molecular formula is C28H20Si. The van der Waals surface area contributed by atoms with E-state index >= 15 is 0 Å². The van der Waals surface area contributed by atoms with Gasteiger partial charge in [-0.3, -0.25) is 0 Å². The topological polar surface area (TPSA) is 0 Å². The van der Waals surface area contributed by atoms with Crippen molar-refractivity contribution in [1.82, 2.24) is 0 Å². The molecule has 0 heterocycles. The van der Waals surface area contributed by atoms with Gasteiger partial charge >= 0.3 is 0 Å². The maximum atomic E-state index is 3.71. The van der Waals surface area contributed by atoms with E-state index in [4.69, 9.17) is 0 Å². The van der Waals surface area contributed by atoms with Crippen LogP contribution in [0.1, 0.15) is 5.56 Å². The van der Waals surface area contributed by atoms with E-state index in [1.54, 1.807) is 0 Å². The Balaban J connectivity index is 1.70. The highest BCUT2D eigenvalue weighted by Gasteiger charge is 2.13. The highest BCUT2D eigenvalue weighted by Crippen LogP contribution is 2.28. The molecule has 0 aliphatic carbocycles. The summed E-state index contributed by atoms with van der Waals surface area (Å²) in [6.45, 7) is 0. The summed E-state index contributed by atoms with van der Waals surface area (Å²) >= 11 is 0. The molecule has 0 nitrogen and oxygen atoms in total. The maximum absolute atomic E-state index is 3.71. The minimum atomic E-state index is -1.62. The third-order valence-electron chi connectivity index (χ3n) is 5.39. The number of benzene rings is 5. The van der Waals surface area contributed by atoms with Crippen molar-refractivity contribution in [3.8, 4) is 11.5 Å². The zero-order valence-electron chi connectivity index (χ0n) is 16.0. The quantitative estimate of drug-likeness (QED) is 0.230. The van der Waals surface area contributed by atoms with Crippen molar-refractivity contribution >= 4 is 40.7 Å². The molecule has 0 aliphatic heterocycles. The molecule has 0 spiro atoms. The van der Waals surface area contributed by atoms with Crippen molar-refractivity contribution in [3.05, 3.63) is 121 Å². The van der Waals surface area contributed by atoms with E-state index in [9.17, 15) is 0 Å². The monoisotopic (exact) mass is 384 g/mol. The van der Waals surface area contributed by atoms with Gasteiger partial charge in [0.2, 0.25) is 0 Å². The summed E-state index contributed by atoms with van der Waals surface area (Å²) < 4.78 is 0. The van der Waals surface area contributed by atoms with Crippen molar-refractivity contribution in [2.45, 2.75) is 0 Å². The predicted octanol–water partition coefficient (Wildman–Crippen LogP) is 4.93. The molecule has 0 fully saturated rings. The van der Waals surface area contributed by atoms with Crippen LogP contribution in [-0.4, -0.2) is 8.80 Å². The molecule has 0 unspecified atom stereocenters. The summed E-state index contributed by atoms with van der Waals surface area (Å²) in [4.78, 5) is 0. The van der Waals surface area contributed by atoms with Crippen LogP contribution in [0.25, 0.3) is 21.5 Å². The van der Waals surface area contributed by atoms with Crippen molar-refractivity contribution in [3.63, 3.8) is 0 Å². The Morgan fingerprint density at radius 3 is 1.66 bits per heavy atom. The standard InChI is InChI=1S/C28H20Si/c1-3-12-24(13-4-1)29(25-14-5-2-6-15-25)20-19-23-21-22-11-7-8-16-26(22)28-18-10-9-17-27(23)28/h1-18,21,29H. The number of fused-ring (bicyclic) bond motifs is 3. The second-order valence-corrected chi connectivity index (χ2v) is 9.70. The second kappa shape index (κ2) is 7.79. The molecule has 0 aliphatic rings. The minimum Gasteiger partial charge on any atom is -0.119 e. The molecule has 5 aromatic rings. The van der Waals surface area contributed by atoms with Gasteiger partial charge in [-0.05, 0) is 38.0 Å². The van der Waals surface area contributed by atoms with Gasteiger partial charge in [0.1, 0.15) is 0 Å². The van der Waals surface area contributed by atoms with Gasteiger partial charge in [0.25, 0.3) is 0 Å². The molecule has 1 heteroatoms. The molecule has 0 saturated carbocycles. The first kappa shape index (κ1) is 17.5. The van der Waals surface area contributed by atoms with Crippen molar-refractivity contribution in [1.29, 1.82) is 0 Å². The van der Waals surface area contributed by atoms with E-state index in [0.29, 0.717) is 0 Å². The lowest BCUT2D eigenvalue weighted by molar-refractivity contribution is 1.73. The Labute approximate surface area is 173 Å². The van der Waals surface area contributed by atoms with Crippen LogP contribution < -0.4 is 10.4 Å². The molecule has 136 valence electrons. The zero-order valence-corrected chi connectivity index (χ0v) is 17.2. The summed E-state index contributed by atoms with van der Waals surface area (Å²) in [7, 11) is -1.62. The highest BCUT2D eigenvalue weighted by molar-refractivity contribution is 6.91. The third kappa shape index (κ3) is 3.47. The number of hydrogen-bond donors (Lipinski definition) is 0. The minimum absolute atomic E-state index is 1.11. The molecule has 0 N–H and O–H groups in total. The van der Waals surface area contributed by atoms with Gasteiger partial charge in [0, 0.05) is 5.56 Å². The Kier molecular flexibility index (Phi) is 4.70. The van der Waals surface area contributed by atoms with Crippen LogP contribution >= 0.6 is 0 Å². The van der Waals surface area contributed by atoms with E-state index in [1.165, 1.54) is 31.9 Å². The lowest BCUT2D eigenvalue weighted by Gasteiger charge is -2.10. The summed E-state index contributed by atoms with van der Waals surface area (Å²) in [5, 5.41) is 7.74. The van der Waals surface area contributed by atoms with Gasteiger partial charge < -0.3 is 0 Å². The number of hydrogen-bond acceptors (Lipinski definition) is 0. The molecule has 5 rings (SSSR count). The lowest BCUT2D eigenvalue weighted by atomic mass is 9.98. The van der Waals surface area contributed by atoms with E-state index in [0.717, 1.165) is 5.56 Å². The van der Waals surface area contributed by atoms with Crippen LogP contribution in [-0.2, 0) is 0 Å². The van der Waals surface area contributed by atoms with Crippen LogP contribution in [0, 0.1) is 11.5 Å². The van der Waals surface area contributed by atoms with E-state index in [1.807, 2.05) is 0 Å². The molecule has 0 amide bonds. The number of rotatable bonds is 2. The fraction of sp³-hybridized carbons (Fsp3) is 0. The molecule has 5 aromatic carbocycles. The van der Waals surface area contributed by atoms with Gasteiger partial charge in [-0.25, -0.2) is 0 Å². The first-order valence-corrected chi connectivity index (χ1v) is 11.7. The highest BCUT2D eigenvalue weighted by atomic mass is 28.3. The Hall–Kier alpha value is -3.60. The van der Waals surface area contributed by atoms with E-state index in [-0.39, 0.29) is 0 Å². The molecule has 29 heavy (non-hydrogen) atoms. The molecule has 0 bridgehead atoms. The second-order valence-electron chi connectivity index (χ2n) is 7.21. The molecular weight excluding hydrogens is 364 g/mol. The Morgan fingerprint density at radius 1 is 0.483 bits per heavy atom. The van der Waals surface area contributed by atoms with Crippen molar-refractivity contribution in [2.24, 2.45) is 0 Å². The average molecular weight is 385 g/mol. The van der Waals surface area contributed by atoms with Gasteiger partial charge in [0.05, 0.1) is 0 Å². The molecule has 0 atom stereocenters. The fourth-order valence-corrected chi connectivity index (χ4v) is 6.19. The van der Waals surface area contributed by atoms with Gasteiger partial charge in [-0.1, -0.05) is 115 Å². The summed E-state index contributed by atoms with van der Waals surface area (Å²) in [5.74, 6) is 3.59. The van der Waals surface area contributed by atoms with Crippen LogP contribution in [0.4, 0.5) is 0 Å². The zero-order chi connectivity index (χ0) is 19.5. The fourth-order valence-electron chi connectivity index (χ4n) is 3.96. The molecule has 0 aromatic heterocycles. The first-order valence-electron chi connectivity index (χ1n) is 9.92. The predicted molar refractivity (Wildman–Crippen MR) is 128 cm³/mol. The Morgan fingerprint density at radius 2 is 1.00 bits per heavy atom. The smallest absolute Gasteiger partial charge is 0.119 e. The van der Waals surface area contributed by atoms with Gasteiger partial charge in [0.15, 0.2) is 8.80 Å². The van der Waals surface area contributed by atoms with E-state index in [2.05, 4.69) is 127 Å². The third-order valence-corrected chi connectivity index (χ3v) is 7.92.